The summed E-state index contributed by atoms with van der Waals surface area (Å²) in [6, 6.07) is 55.0. The van der Waals surface area contributed by atoms with E-state index in [2.05, 4.69) is 170 Å². The van der Waals surface area contributed by atoms with E-state index in [1.54, 1.807) is 11.3 Å². The Bertz CT molecular complexity index is 3060. The molecule has 3 nitrogen and oxygen atoms in total. The van der Waals surface area contributed by atoms with E-state index >= 15 is 0 Å². The van der Waals surface area contributed by atoms with E-state index in [1.165, 1.54) is 54.1 Å². The van der Waals surface area contributed by atoms with Crippen molar-refractivity contribution in [3.63, 3.8) is 0 Å². The van der Waals surface area contributed by atoms with Gasteiger partial charge in [0.2, 0.25) is 5.95 Å². The molecule has 11 rings (SSSR count). The first-order valence-electron chi connectivity index (χ1n) is 17.5. The molecule has 51 heavy (non-hydrogen) atoms. The van der Waals surface area contributed by atoms with Gasteiger partial charge in [0.1, 0.15) is 0 Å². The molecule has 1 aliphatic rings. The Morgan fingerprint density at radius 1 is 0.549 bits per heavy atom. The predicted molar refractivity (Wildman–Crippen MR) is 215 cm³/mol. The van der Waals surface area contributed by atoms with Crippen molar-refractivity contribution in [2.45, 2.75) is 19.3 Å². The minimum atomic E-state index is -0.0888. The van der Waals surface area contributed by atoms with Crippen molar-refractivity contribution in [2.75, 3.05) is 0 Å². The highest BCUT2D eigenvalue weighted by Crippen LogP contribution is 2.52. The number of aromatic nitrogens is 3. The molecule has 0 unspecified atom stereocenters. The van der Waals surface area contributed by atoms with Crippen molar-refractivity contribution in [2.24, 2.45) is 0 Å². The lowest BCUT2D eigenvalue weighted by atomic mass is 9.82. The van der Waals surface area contributed by atoms with Crippen molar-refractivity contribution in [3.05, 3.63) is 163 Å². The lowest BCUT2D eigenvalue weighted by molar-refractivity contribution is 0.661. The normalized spacial score (nSPS) is 13.5. The number of benzene rings is 7. The number of fused-ring (bicyclic) bond motifs is 11. The van der Waals surface area contributed by atoms with E-state index < -0.39 is 0 Å². The molecule has 0 amide bonds. The van der Waals surface area contributed by atoms with Crippen LogP contribution in [-0.2, 0) is 5.41 Å². The zero-order valence-electron chi connectivity index (χ0n) is 28.2. The summed E-state index contributed by atoms with van der Waals surface area (Å²) in [5.74, 6) is 0.683. The number of hydrogen-bond acceptors (Lipinski definition) is 3. The predicted octanol–water partition coefficient (Wildman–Crippen LogP) is 12.7. The second-order valence-corrected chi connectivity index (χ2v) is 15.2. The standard InChI is InChI=1S/C47H31N3S/c1-47(2)37-25-24-30(27-36(37)41-31-16-7-6-13-28(31)23-26-38(41)47)32-19-12-20-34-33-17-8-10-21-39(33)50(44(32)34)46-48-42(29-14-4-3-5-15-29)45-43(49-46)35-18-9-11-22-40(35)51-45/h3-27H,1-2H3. The lowest BCUT2D eigenvalue weighted by Crippen LogP contribution is -2.14. The Morgan fingerprint density at radius 3 is 2.16 bits per heavy atom. The third-order valence-corrected chi connectivity index (χ3v) is 12.2. The zero-order chi connectivity index (χ0) is 33.8. The van der Waals surface area contributed by atoms with Crippen molar-refractivity contribution in [3.8, 4) is 39.5 Å². The molecule has 0 atom stereocenters. The van der Waals surface area contributed by atoms with Crippen LogP contribution in [0.15, 0.2) is 152 Å². The number of thiophene rings is 1. The number of nitrogens with zero attached hydrogens (tertiary/aromatic N) is 3. The topological polar surface area (TPSA) is 30.7 Å². The van der Waals surface area contributed by atoms with Crippen LogP contribution in [0.3, 0.4) is 0 Å². The molecule has 4 heteroatoms. The van der Waals surface area contributed by atoms with Crippen LogP contribution in [0.4, 0.5) is 0 Å². The maximum Gasteiger partial charge on any atom is 0.235 e. The molecule has 0 radical (unpaired) electrons. The Morgan fingerprint density at radius 2 is 1.27 bits per heavy atom. The van der Waals surface area contributed by atoms with Gasteiger partial charge >= 0.3 is 0 Å². The van der Waals surface area contributed by atoms with Crippen molar-refractivity contribution in [1.29, 1.82) is 0 Å². The average molecular weight is 670 g/mol. The molecule has 0 saturated heterocycles. The van der Waals surface area contributed by atoms with Gasteiger partial charge in [0.05, 0.1) is 26.9 Å². The SMILES string of the molecule is CC1(C)c2ccc(-c3cccc4c5ccccc5n(-c5nc(-c6ccccc6)c6sc7ccccc7c6n5)c34)cc2-c2c1ccc1ccccc21. The maximum absolute atomic E-state index is 5.45. The molecule has 3 aromatic heterocycles. The first-order chi connectivity index (χ1) is 25.1. The number of rotatable bonds is 3. The summed E-state index contributed by atoms with van der Waals surface area (Å²) in [6.45, 7) is 4.72. The molecule has 10 aromatic rings. The Balaban J connectivity index is 1.23. The number of para-hydroxylation sites is 2. The van der Waals surface area contributed by atoms with Gasteiger partial charge in [-0.3, -0.25) is 4.57 Å². The summed E-state index contributed by atoms with van der Waals surface area (Å²) in [5, 5.41) is 6.12. The highest BCUT2D eigenvalue weighted by atomic mass is 32.1. The molecule has 0 N–H and O–H groups in total. The fourth-order valence-corrected chi connectivity index (χ4v) is 9.77. The van der Waals surface area contributed by atoms with E-state index in [4.69, 9.17) is 9.97 Å². The largest absolute Gasteiger partial charge is 0.277 e. The molecular formula is C47H31N3S. The molecular weight excluding hydrogens is 639 g/mol. The summed E-state index contributed by atoms with van der Waals surface area (Å²) < 4.78 is 4.63. The molecule has 0 fully saturated rings. The van der Waals surface area contributed by atoms with Crippen LogP contribution >= 0.6 is 11.3 Å². The highest BCUT2D eigenvalue weighted by Gasteiger charge is 2.36. The molecule has 0 spiro atoms. The third-order valence-electron chi connectivity index (χ3n) is 11.0. The van der Waals surface area contributed by atoms with Crippen LogP contribution in [0.1, 0.15) is 25.0 Å². The van der Waals surface area contributed by atoms with Crippen molar-refractivity contribution in [1.82, 2.24) is 14.5 Å². The van der Waals surface area contributed by atoms with Crippen LogP contribution < -0.4 is 0 Å². The molecule has 1 aliphatic carbocycles. The van der Waals surface area contributed by atoms with E-state index in [0.29, 0.717) is 5.95 Å². The van der Waals surface area contributed by atoms with Gasteiger partial charge in [0, 0.05) is 37.4 Å². The minimum Gasteiger partial charge on any atom is -0.277 e. The van der Waals surface area contributed by atoms with Gasteiger partial charge in [0.15, 0.2) is 0 Å². The zero-order valence-corrected chi connectivity index (χ0v) is 29.0. The molecule has 3 heterocycles. The van der Waals surface area contributed by atoms with Crippen molar-refractivity contribution < 1.29 is 0 Å². The summed E-state index contributed by atoms with van der Waals surface area (Å²) in [5.41, 5.74) is 12.9. The summed E-state index contributed by atoms with van der Waals surface area (Å²) >= 11 is 1.77. The van der Waals surface area contributed by atoms with Crippen LogP contribution in [-0.4, -0.2) is 14.5 Å². The van der Waals surface area contributed by atoms with Crippen LogP contribution in [0.2, 0.25) is 0 Å². The van der Waals surface area contributed by atoms with Gasteiger partial charge in [-0.15, -0.1) is 11.3 Å². The van der Waals surface area contributed by atoms with Gasteiger partial charge in [-0.05, 0) is 56.8 Å². The van der Waals surface area contributed by atoms with Crippen LogP contribution in [0, 0.1) is 0 Å². The van der Waals surface area contributed by atoms with Gasteiger partial charge in [-0.1, -0.05) is 147 Å². The first-order valence-corrected chi connectivity index (χ1v) is 18.3. The fourth-order valence-electron chi connectivity index (χ4n) is 8.62. The summed E-state index contributed by atoms with van der Waals surface area (Å²) in [4.78, 5) is 10.9. The summed E-state index contributed by atoms with van der Waals surface area (Å²) in [6.07, 6.45) is 0. The van der Waals surface area contributed by atoms with E-state index in [0.717, 1.165) is 43.5 Å². The fraction of sp³-hybridized carbons (Fsp3) is 0.0638. The van der Waals surface area contributed by atoms with E-state index in [9.17, 15) is 0 Å². The summed E-state index contributed by atoms with van der Waals surface area (Å²) in [7, 11) is 0. The van der Waals surface area contributed by atoms with Gasteiger partial charge in [-0.25, -0.2) is 9.97 Å². The van der Waals surface area contributed by atoms with Gasteiger partial charge in [0.25, 0.3) is 0 Å². The lowest BCUT2D eigenvalue weighted by Gasteiger charge is -2.21. The second kappa shape index (κ2) is 10.5. The number of hydrogen-bond donors (Lipinski definition) is 0. The highest BCUT2D eigenvalue weighted by molar-refractivity contribution is 7.26. The van der Waals surface area contributed by atoms with E-state index in [1.807, 2.05) is 0 Å². The second-order valence-electron chi connectivity index (χ2n) is 14.2. The van der Waals surface area contributed by atoms with Crippen LogP contribution in [0.5, 0.6) is 0 Å². The van der Waals surface area contributed by atoms with Gasteiger partial charge in [-0.2, -0.15) is 0 Å². The van der Waals surface area contributed by atoms with Crippen LogP contribution in [0.25, 0.3) is 92.3 Å². The third kappa shape index (κ3) is 3.99. The first kappa shape index (κ1) is 28.7. The molecule has 0 saturated carbocycles. The molecule has 7 aromatic carbocycles. The average Bonchev–Trinajstić information content (AvgIpc) is 3.80. The maximum atomic E-state index is 5.45. The molecule has 240 valence electrons. The smallest absolute Gasteiger partial charge is 0.235 e. The quantitative estimate of drug-likeness (QED) is 0.187. The van der Waals surface area contributed by atoms with Gasteiger partial charge < -0.3 is 0 Å². The Labute approximate surface area is 299 Å². The molecule has 0 aliphatic heterocycles. The van der Waals surface area contributed by atoms with E-state index in [-0.39, 0.29) is 5.41 Å². The Kier molecular flexibility index (Phi) is 5.89. The minimum absolute atomic E-state index is 0.0888. The molecule has 0 bridgehead atoms. The Hall–Kier alpha value is -6.10. The monoisotopic (exact) mass is 669 g/mol. The van der Waals surface area contributed by atoms with Crippen molar-refractivity contribution >= 4 is 64.2 Å².